The monoisotopic (exact) mass is 450 g/mol. The lowest BCUT2D eigenvalue weighted by atomic mass is 10.1. The Morgan fingerprint density at radius 1 is 0.758 bits per heavy atom. The molecule has 0 radical (unpaired) electrons. The van der Waals surface area contributed by atoms with Crippen LogP contribution >= 0.6 is 11.6 Å². The zero-order valence-electron chi connectivity index (χ0n) is 17.6. The minimum absolute atomic E-state index is 0.240. The van der Waals surface area contributed by atoms with E-state index in [0.29, 0.717) is 28.0 Å². The number of halogens is 1. The highest BCUT2D eigenvalue weighted by Gasteiger charge is 2.33. The van der Waals surface area contributed by atoms with Crippen LogP contribution < -0.4 is 9.64 Å². The lowest BCUT2D eigenvalue weighted by Gasteiger charge is -2.19. The van der Waals surface area contributed by atoms with Crippen molar-refractivity contribution in [2.24, 2.45) is 4.99 Å². The smallest absolute Gasteiger partial charge is 0.282 e. The van der Waals surface area contributed by atoms with Crippen LogP contribution in [-0.4, -0.2) is 11.7 Å². The van der Waals surface area contributed by atoms with Crippen molar-refractivity contribution in [2.75, 3.05) is 4.90 Å². The van der Waals surface area contributed by atoms with Gasteiger partial charge in [0.05, 0.1) is 10.7 Å². The van der Waals surface area contributed by atoms with Gasteiger partial charge < -0.3 is 4.74 Å². The Kier molecular flexibility index (Phi) is 5.75. The number of rotatable bonds is 5. The molecule has 0 fully saturated rings. The molecule has 1 aliphatic heterocycles. The first-order valence-corrected chi connectivity index (χ1v) is 10.8. The number of carbonyl (C=O) groups is 1. The van der Waals surface area contributed by atoms with Crippen molar-refractivity contribution in [2.45, 2.75) is 0 Å². The molecule has 1 amide bonds. The fourth-order valence-electron chi connectivity index (χ4n) is 3.60. The van der Waals surface area contributed by atoms with Gasteiger partial charge in [-0.05, 0) is 48.0 Å². The van der Waals surface area contributed by atoms with Crippen LogP contribution in [0.15, 0.2) is 120 Å². The van der Waals surface area contributed by atoms with E-state index in [1.165, 1.54) is 0 Å². The van der Waals surface area contributed by atoms with Crippen molar-refractivity contribution in [3.8, 4) is 11.5 Å². The Hall–Kier alpha value is -4.15. The van der Waals surface area contributed by atoms with E-state index in [0.717, 1.165) is 16.9 Å². The highest BCUT2D eigenvalue weighted by molar-refractivity contribution is 6.39. The van der Waals surface area contributed by atoms with Gasteiger partial charge in [0.2, 0.25) is 0 Å². The summed E-state index contributed by atoms with van der Waals surface area (Å²) in [6.07, 6.45) is 1.76. The van der Waals surface area contributed by atoms with Gasteiger partial charge in [-0.2, -0.15) is 0 Å². The number of para-hydroxylation sites is 2. The van der Waals surface area contributed by atoms with Gasteiger partial charge in [0.1, 0.15) is 23.0 Å². The van der Waals surface area contributed by atoms with Crippen LogP contribution in [0.1, 0.15) is 11.1 Å². The normalized spacial score (nSPS) is 14.5. The minimum atomic E-state index is -0.240. The number of benzene rings is 4. The number of anilines is 1. The van der Waals surface area contributed by atoms with Crippen LogP contribution in [0.4, 0.5) is 5.69 Å². The molecule has 0 aromatic heterocycles. The average Bonchev–Trinajstić information content (AvgIpc) is 3.16. The van der Waals surface area contributed by atoms with E-state index in [-0.39, 0.29) is 5.91 Å². The summed E-state index contributed by atoms with van der Waals surface area (Å²) in [6, 6.07) is 34.0. The number of amides is 1. The van der Waals surface area contributed by atoms with Crippen LogP contribution in [0.25, 0.3) is 6.08 Å². The van der Waals surface area contributed by atoms with Crippen molar-refractivity contribution >= 4 is 35.1 Å². The van der Waals surface area contributed by atoms with Crippen molar-refractivity contribution in [3.05, 3.63) is 131 Å². The first-order chi connectivity index (χ1) is 16.2. The van der Waals surface area contributed by atoms with Gasteiger partial charge in [0, 0.05) is 5.56 Å². The van der Waals surface area contributed by atoms with Gasteiger partial charge in [0.25, 0.3) is 5.91 Å². The van der Waals surface area contributed by atoms with E-state index in [4.69, 9.17) is 21.3 Å². The third-order valence-corrected chi connectivity index (χ3v) is 5.45. The maximum atomic E-state index is 13.5. The van der Waals surface area contributed by atoms with E-state index >= 15 is 0 Å². The molecule has 0 saturated carbocycles. The summed E-state index contributed by atoms with van der Waals surface area (Å²) in [4.78, 5) is 19.7. The van der Waals surface area contributed by atoms with Crippen LogP contribution in [0, 0.1) is 0 Å². The Morgan fingerprint density at radius 2 is 1.42 bits per heavy atom. The molecule has 4 aromatic rings. The van der Waals surface area contributed by atoms with Crippen molar-refractivity contribution in [3.63, 3.8) is 0 Å². The van der Waals surface area contributed by atoms with Crippen molar-refractivity contribution in [1.29, 1.82) is 0 Å². The van der Waals surface area contributed by atoms with E-state index in [1.54, 1.807) is 17.0 Å². The van der Waals surface area contributed by atoms with Gasteiger partial charge in [0.15, 0.2) is 0 Å². The molecule has 1 heterocycles. The number of ether oxygens (including phenoxy) is 1. The van der Waals surface area contributed by atoms with Gasteiger partial charge >= 0.3 is 0 Å². The molecule has 0 atom stereocenters. The number of nitrogens with zero attached hydrogens (tertiary/aromatic N) is 2. The molecule has 33 heavy (non-hydrogen) atoms. The molecule has 0 spiro atoms. The maximum Gasteiger partial charge on any atom is 0.282 e. The SMILES string of the molecule is O=C1/C(=C\c2cccc(Oc3ccccc3)c2)N=C(c2ccccc2)N1c1ccccc1Cl. The summed E-state index contributed by atoms with van der Waals surface area (Å²) in [5, 5.41) is 0.481. The molecule has 160 valence electrons. The number of amidine groups is 1. The van der Waals surface area contributed by atoms with Gasteiger partial charge in [-0.3, -0.25) is 9.69 Å². The van der Waals surface area contributed by atoms with Crippen LogP contribution in [0.3, 0.4) is 0 Å². The second-order valence-electron chi connectivity index (χ2n) is 7.41. The second-order valence-corrected chi connectivity index (χ2v) is 7.82. The minimum Gasteiger partial charge on any atom is -0.457 e. The Balaban J connectivity index is 1.53. The largest absolute Gasteiger partial charge is 0.457 e. The fraction of sp³-hybridized carbons (Fsp3) is 0. The fourth-order valence-corrected chi connectivity index (χ4v) is 3.82. The van der Waals surface area contributed by atoms with Gasteiger partial charge in [-0.15, -0.1) is 0 Å². The van der Waals surface area contributed by atoms with E-state index in [2.05, 4.69) is 0 Å². The zero-order valence-corrected chi connectivity index (χ0v) is 18.3. The molecular formula is C28H19ClN2O2. The van der Waals surface area contributed by atoms with E-state index in [1.807, 2.05) is 103 Å². The lowest BCUT2D eigenvalue weighted by molar-refractivity contribution is -0.113. The third-order valence-electron chi connectivity index (χ3n) is 5.13. The van der Waals surface area contributed by atoms with E-state index in [9.17, 15) is 4.79 Å². The molecule has 1 aliphatic rings. The molecule has 0 unspecified atom stereocenters. The topological polar surface area (TPSA) is 41.9 Å². The van der Waals surface area contributed by atoms with Crippen molar-refractivity contribution < 1.29 is 9.53 Å². The zero-order chi connectivity index (χ0) is 22.6. The molecule has 5 rings (SSSR count). The molecule has 4 nitrogen and oxygen atoms in total. The standard InChI is InChI=1S/C28H19ClN2O2/c29-24-16-7-8-17-26(24)31-27(21-11-3-1-4-12-21)30-25(28(31)32)19-20-10-9-15-23(18-20)33-22-13-5-2-6-14-22/h1-19H/b25-19+. The number of carbonyl (C=O) groups excluding carboxylic acids is 1. The number of aliphatic imine (C=N–C) groups is 1. The molecule has 0 N–H and O–H groups in total. The summed E-state index contributed by atoms with van der Waals surface area (Å²) in [5.74, 6) is 1.72. The van der Waals surface area contributed by atoms with Crippen LogP contribution in [-0.2, 0) is 4.79 Å². The molecule has 0 aliphatic carbocycles. The quantitative estimate of drug-likeness (QED) is 0.308. The van der Waals surface area contributed by atoms with Crippen molar-refractivity contribution in [1.82, 2.24) is 0 Å². The number of hydrogen-bond donors (Lipinski definition) is 0. The van der Waals surface area contributed by atoms with Crippen LogP contribution in [0.2, 0.25) is 5.02 Å². The summed E-state index contributed by atoms with van der Waals surface area (Å²) in [5.41, 5.74) is 2.56. The molecule has 5 heteroatoms. The van der Waals surface area contributed by atoms with Crippen LogP contribution in [0.5, 0.6) is 11.5 Å². The number of hydrogen-bond acceptors (Lipinski definition) is 3. The molecular weight excluding hydrogens is 432 g/mol. The Bertz CT molecular complexity index is 1370. The third kappa shape index (κ3) is 4.43. The summed E-state index contributed by atoms with van der Waals surface area (Å²) >= 11 is 6.44. The predicted molar refractivity (Wildman–Crippen MR) is 133 cm³/mol. The highest BCUT2D eigenvalue weighted by atomic mass is 35.5. The molecule has 0 bridgehead atoms. The second kappa shape index (κ2) is 9.15. The first-order valence-electron chi connectivity index (χ1n) is 10.5. The highest BCUT2D eigenvalue weighted by Crippen LogP contribution is 2.33. The maximum absolute atomic E-state index is 13.5. The Morgan fingerprint density at radius 3 is 2.18 bits per heavy atom. The van der Waals surface area contributed by atoms with E-state index < -0.39 is 0 Å². The Labute approximate surface area is 197 Å². The summed E-state index contributed by atoms with van der Waals surface area (Å²) in [7, 11) is 0. The first kappa shape index (κ1) is 20.7. The molecule has 0 saturated heterocycles. The predicted octanol–water partition coefficient (Wildman–Crippen LogP) is 6.97. The summed E-state index contributed by atoms with van der Waals surface area (Å²) < 4.78 is 5.93. The molecule has 4 aromatic carbocycles. The summed E-state index contributed by atoms with van der Waals surface area (Å²) in [6.45, 7) is 0. The van der Waals surface area contributed by atoms with Gasteiger partial charge in [-0.1, -0.05) is 84.4 Å². The lowest BCUT2D eigenvalue weighted by Crippen LogP contribution is -2.32. The average molecular weight is 451 g/mol. The van der Waals surface area contributed by atoms with Gasteiger partial charge in [-0.25, -0.2) is 4.99 Å².